The number of hydrogen-bond donors (Lipinski definition) is 0. The highest BCUT2D eigenvalue weighted by Crippen LogP contribution is 2.51. The van der Waals surface area contributed by atoms with E-state index in [4.69, 9.17) is 4.43 Å². The summed E-state index contributed by atoms with van der Waals surface area (Å²) in [5.74, 6) is 2.10. The summed E-state index contributed by atoms with van der Waals surface area (Å²) in [5, 5.41) is 0. The van der Waals surface area contributed by atoms with Gasteiger partial charge in [-0.05, 0) is 55.3 Å². The minimum absolute atomic E-state index is 0.0262. The van der Waals surface area contributed by atoms with Crippen LogP contribution in [0.4, 0.5) is 0 Å². The predicted octanol–water partition coefficient (Wildman–Crippen LogP) is 5.17. The SMILES string of the molecule is C=CC1=CC[Si](C)(C)OC12C[C@H](C)CC[C@H]2C(C)C. The van der Waals surface area contributed by atoms with E-state index >= 15 is 0 Å². The molecule has 19 heavy (non-hydrogen) atoms. The summed E-state index contributed by atoms with van der Waals surface area (Å²) in [4.78, 5) is 0. The Hall–Kier alpha value is -0.343. The third-order valence-corrected chi connectivity index (χ3v) is 7.11. The van der Waals surface area contributed by atoms with E-state index in [1.807, 2.05) is 0 Å². The molecule has 0 N–H and O–H groups in total. The van der Waals surface area contributed by atoms with Gasteiger partial charge in [0.1, 0.15) is 0 Å². The fraction of sp³-hybridized carbons (Fsp3) is 0.765. The summed E-state index contributed by atoms with van der Waals surface area (Å²) in [6, 6.07) is 1.13. The Balaban J connectivity index is 2.46. The van der Waals surface area contributed by atoms with Crippen LogP contribution in [0.1, 0.15) is 40.0 Å². The molecule has 1 saturated carbocycles. The van der Waals surface area contributed by atoms with Crippen LogP contribution in [0.15, 0.2) is 24.3 Å². The lowest BCUT2D eigenvalue weighted by Crippen LogP contribution is -2.56. The second-order valence-electron chi connectivity index (χ2n) is 7.56. The maximum Gasteiger partial charge on any atom is 0.191 e. The van der Waals surface area contributed by atoms with Gasteiger partial charge in [0.25, 0.3) is 0 Å². The Labute approximate surface area is 120 Å². The van der Waals surface area contributed by atoms with Crippen molar-refractivity contribution in [2.24, 2.45) is 17.8 Å². The Bertz CT molecular complexity index is 383. The molecule has 2 aliphatic rings. The third kappa shape index (κ3) is 2.75. The third-order valence-electron chi connectivity index (χ3n) is 5.01. The molecule has 0 aromatic rings. The van der Waals surface area contributed by atoms with Crippen LogP contribution >= 0.6 is 0 Å². The molecule has 1 fully saturated rings. The molecule has 1 aliphatic carbocycles. The molecule has 1 nitrogen and oxygen atoms in total. The standard InChI is InChI=1S/C17H30OSi/c1-7-15-10-11-19(5,6)18-17(15)12-14(4)8-9-16(17)13(2)3/h7,10,13-14,16H,1,8-9,11-12H2,2-6H3/t14-,16+,17?/m1/s1. The van der Waals surface area contributed by atoms with E-state index in [0.717, 1.165) is 12.0 Å². The lowest BCUT2D eigenvalue weighted by Gasteiger charge is -2.54. The Morgan fingerprint density at radius 1 is 1.42 bits per heavy atom. The van der Waals surface area contributed by atoms with Gasteiger partial charge in [-0.1, -0.05) is 45.9 Å². The predicted molar refractivity (Wildman–Crippen MR) is 85.7 cm³/mol. The molecule has 0 bridgehead atoms. The van der Waals surface area contributed by atoms with Gasteiger partial charge in [0.05, 0.1) is 5.60 Å². The van der Waals surface area contributed by atoms with Gasteiger partial charge < -0.3 is 4.43 Å². The van der Waals surface area contributed by atoms with Crippen LogP contribution in [0, 0.1) is 17.8 Å². The van der Waals surface area contributed by atoms with Gasteiger partial charge in [-0.3, -0.25) is 0 Å². The zero-order chi connectivity index (χ0) is 14.3. The molecule has 0 saturated heterocycles. The maximum atomic E-state index is 6.85. The first kappa shape index (κ1) is 15.1. The van der Waals surface area contributed by atoms with Crippen molar-refractivity contribution in [2.75, 3.05) is 0 Å². The molecule has 0 radical (unpaired) electrons. The fourth-order valence-electron chi connectivity index (χ4n) is 4.17. The maximum absolute atomic E-state index is 6.85. The second kappa shape index (κ2) is 5.21. The fourth-order valence-corrected chi connectivity index (χ4v) is 6.30. The molecule has 1 unspecified atom stereocenters. The highest BCUT2D eigenvalue weighted by atomic mass is 28.4. The molecular weight excluding hydrogens is 248 g/mol. The molecule has 0 aromatic heterocycles. The summed E-state index contributed by atoms with van der Waals surface area (Å²) >= 11 is 0. The summed E-state index contributed by atoms with van der Waals surface area (Å²) in [7, 11) is -1.55. The average Bonchev–Trinajstić information content (AvgIpc) is 2.27. The van der Waals surface area contributed by atoms with Crippen molar-refractivity contribution in [1.82, 2.24) is 0 Å². The molecule has 3 atom stereocenters. The Morgan fingerprint density at radius 2 is 2.11 bits per heavy atom. The van der Waals surface area contributed by atoms with Crippen molar-refractivity contribution in [3.8, 4) is 0 Å². The van der Waals surface area contributed by atoms with Crippen LogP contribution in [0.2, 0.25) is 19.1 Å². The van der Waals surface area contributed by atoms with Gasteiger partial charge in [-0.25, -0.2) is 0 Å². The lowest BCUT2D eigenvalue weighted by atomic mass is 9.64. The number of hydrogen-bond acceptors (Lipinski definition) is 1. The highest BCUT2D eigenvalue weighted by Gasteiger charge is 2.51. The van der Waals surface area contributed by atoms with Crippen molar-refractivity contribution in [2.45, 2.75) is 64.8 Å². The van der Waals surface area contributed by atoms with Crippen molar-refractivity contribution < 1.29 is 4.43 Å². The van der Waals surface area contributed by atoms with Crippen LogP contribution < -0.4 is 0 Å². The van der Waals surface area contributed by atoms with Gasteiger partial charge >= 0.3 is 0 Å². The molecule has 0 aromatic carbocycles. The quantitative estimate of drug-likeness (QED) is 0.634. The summed E-state index contributed by atoms with van der Waals surface area (Å²) in [5.41, 5.74) is 1.35. The van der Waals surface area contributed by atoms with Crippen LogP contribution in [0.3, 0.4) is 0 Å². The second-order valence-corrected chi connectivity index (χ2v) is 11.7. The zero-order valence-corrected chi connectivity index (χ0v) is 14.3. The van der Waals surface area contributed by atoms with Crippen LogP contribution in [0.5, 0.6) is 0 Å². The zero-order valence-electron chi connectivity index (χ0n) is 13.3. The van der Waals surface area contributed by atoms with Crippen molar-refractivity contribution in [3.05, 3.63) is 24.3 Å². The molecule has 0 amide bonds. The molecule has 1 heterocycles. The molecule has 1 spiro atoms. The van der Waals surface area contributed by atoms with Crippen molar-refractivity contribution in [1.29, 1.82) is 0 Å². The minimum atomic E-state index is -1.55. The van der Waals surface area contributed by atoms with Gasteiger partial charge in [0.15, 0.2) is 8.32 Å². The number of allylic oxidation sites excluding steroid dienone is 1. The first-order valence-corrected chi connectivity index (χ1v) is 11.0. The van der Waals surface area contributed by atoms with E-state index in [1.54, 1.807) is 0 Å². The summed E-state index contributed by atoms with van der Waals surface area (Å²) in [6.45, 7) is 15.9. The first-order chi connectivity index (χ1) is 8.81. The first-order valence-electron chi connectivity index (χ1n) is 7.84. The van der Waals surface area contributed by atoms with Crippen molar-refractivity contribution in [3.63, 3.8) is 0 Å². The largest absolute Gasteiger partial charge is 0.407 e. The van der Waals surface area contributed by atoms with E-state index < -0.39 is 8.32 Å². The van der Waals surface area contributed by atoms with Gasteiger partial charge in [0, 0.05) is 0 Å². The van der Waals surface area contributed by atoms with E-state index in [9.17, 15) is 0 Å². The smallest absolute Gasteiger partial charge is 0.191 e. The van der Waals surface area contributed by atoms with Crippen LogP contribution in [0.25, 0.3) is 0 Å². The number of rotatable bonds is 2. The molecule has 108 valence electrons. The lowest BCUT2D eigenvalue weighted by molar-refractivity contribution is -0.0361. The Kier molecular flexibility index (Phi) is 4.13. The summed E-state index contributed by atoms with van der Waals surface area (Å²) < 4.78 is 6.85. The monoisotopic (exact) mass is 278 g/mol. The van der Waals surface area contributed by atoms with Crippen LogP contribution in [-0.4, -0.2) is 13.9 Å². The molecular formula is C17H30OSi. The van der Waals surface area contributed by atoms with Gasteiger partial charge in [-0.15, -0.1) is 0 Å². The molecule has 2 rings (SSSR count). The van der Waals surface area contributed by atoms with Gasteiger partial charge in [-0.2, -0.15) is 0 Å². The van der Waals surface area contributed by atoms with E-state index in [1.165, 1.54) is 24.8 Å². The summed E-state index contributed by atoms with van der Waals surface area (Å²) in [6.07, 6.45) is 8.34. The Morgan fingerprint density at radius 3 is 2.68 bits per heavy atom. The average molecular weight is 279 g/mol. The minimum Gasteiger partial charge on any atom is -0.407 e. The normalized spacial score (nSPS) is 38.3. The van der Waals surface area contributed by atoms with E-state index in [2.05, 4.69) is 52.6 Å². The van der Waals surface area contributed by atoms with Crippen LogP contribution in [-0.2, 0) is 4.43 Å². The molecule has 2 heteroatoms. The van der Waals surface area contributed by atoms with Crippen molar-refractivity contribution >= 4 is 8.32 Å². The topological polar surface area (TPSA) is 9.23 Å². The molecule has 1 aliphatic heterocycles. The highest BCUT2D eigenvalue weighted by molar-refractivity contribution is 6.72. The van der Waals surface area contributed by atoms with Gasteiger partial charge in [0.2, 0.25) is 0 Å². The van der Waals surface area contributed by atoms with E-state index in [0.29, 0.717) is 11.8 Å². The van der Waals surface area contributed by atoms with E-state index in [-0.39, 0.29) is 5.60 Å².